The molecule has 0 atom stereocenters. The first kappa shape index (κ1) is 9.41. The molecule has 74 valence electrons. The minimum atomic E-state index is -0.354. The Morgan fingerprint density at radius 1 is 1.40 bits per heavy atom. The van der Waals surface area contributed by atoms with Crippen LogP contribution in [0.15, 0.2) is 24.3 Å². The molecule has 0 saturated carbocycles. The maximum atomic E-state index is 13.0. The van der Waals surface area contributed by atoms with Crippen molar-refractivity contribution in [3.05, 3.63) is 35.8 Å². The van der Waals surface area contributed by atoms with Gasteiger partial charge in [-0.25, -0.2) is 9.37 Å². The van der Waals surface area contributed by atoms with Gasteiger partial charge in [-0.05, 0) is 23.6 Å². The van der Waals surface area contributed by atoms with Crippen molar-refractivity contribution in [2.45, 2.75) is 0 Å². The molecule has 0 amide bonds. The molecule has 0 aliphatic carbocycles. The lowest BCUT2D eigenvalue weighted by Gasteiger charge is -2.04. The third kappa shape index (κ3) is 1.59. The van der Waals surface area contributed by atoms with Crippen LogP contribution < -0.4 is 4.74 Å². The summed E-state index contributed by atoms with van der Waals surface area (Å²) >= 11 is 0. The van der Waals surface area contributed by atoms with Gasteiger partial charge in [0.15, 0.2) is 0 Å². The molecule has 3 nitrogen and oxygen atoms in total. The number of aromatic nitrogens is 1. The highest BCUT2D eigenvalue weighted by Crippen LogP contribution is 2.24. The van der Waals surface area contributed by atoms with E-state index in [1.54, 1.807) is 12.1 Å². The van der Waals surface area contributed by atoms with E-state index in [1.165, 1.54) is 19.2 Å². The lowest BCUT2D eigenvalue weighted by Crippen LogP contribution is -1.92. The minimum absolute atomic E-state index is 0.256. The van der Waals surface area contributed by atoms with Crippen LogP contribution in [0, 0.1) is 17.1 Å². The van der Waals surface area contributed by atoms with Crippen LogP contribution in [0.2, 0.25) is 0 Å². The fourth-order valence-corrected chi connectivity index (χ4v) is 1.40. The maximum Gasteiger partial charge on any atom is 0.222 e. The van der Waals surface area contributed by atoms with Gasteiger partial charge in [0.2, 0.25) is 5.88 Å². The van der Waals surface area contributed by atoms with Crippen LogP contribution >= 0.6 is 0 Å². The molecule has 0 bridgehead atoms. The van der Waals surface area contributed by atoms with Crippen molar-refractivity contribution in [2.75, 3.05) is 7.11 Å². The van der Waals surface area contributed by atoms with Crippen molar-refractivity contribution in [1.82, 2.24) is 4.98 Å². The first-order valence-corrected chi connectivity index (χ1v) is 4.29. The first-order chi connectivity index (χ1) is 7.24. The lowest BCUT2D eigenvalue weighted by molar-refractivity contribution is 0.403. The zero-order chi connectivity index (χ0) is 10.8. The summed E-state index contributed by atoms with van der Waals surface area (Å²) in [6, 6.07) is 7.78. The summed E-state index contributed by atoms with van der Waals surface area (Å²) in [5, 5.41) is 10.0. The largest absolute Gasteiger partial charge is 0.481 e. The molecule has 2 rings (SSSR count). The zero-order valence-corrected chi connectivity index (χ0v) is 7.99. The van der Waals surface area contributed by atoms with Crippen LogP contribution in [0.1, 0.15) is 5.69 Å². The summed E-state index contributed by atoms with van der Waals surface area (Å²) in [5.74, 6) is -0.0872. The molecule has 2 aromatic rings. The van der Waals surface area contributed by atoms with Crippen LogP contribution in [0.5, 0.6) is 5.88 Å². The van der Waals surface area contributed by atoms with E-state index in [0.717, 1.165) is 5.39 Å². The van der Waals surface area contributed by atoms with Gasteiger partial charge < -0.3 is 4.74 Å². The number of fused-ring (bicyclic) bond motifs is 1. The van der Waals surface area contributed by atoms with Crippen molar-refractivity contribution in [3.63, 3.8) is 0 Å². The number of methoxy groups -OCH3 is 1. The van der Waals surface area contributed by atoms with Crippen LogP contribution in [-0.4, -0.2) is 12.1 Å². The third-order valence-electron chi connectivity index (χ3n) is 2.07. The highest BCUT2D eigenvalue weighted by atomic mass is 19.1. The van der Waals surface area contributed by atoms with E-state index >= 15 is 0 Å². The van der Waals surface area contributed by atoms with E-state index in [-0.39, 0.29) is 17.4 Å². The molecule has 0 radical (unpaired) electrons. The Hall–Kier alpha value is -2.15. The summed E-state index contributed by atoms with van der Waals surface area (Å²) in [4.78, 5) is 3.93. The SMILES string of the molecule is COc1nc(C#N)cc2ccc(F)cc12. The number of rotatable bonds is 1. The Morgan fingerprint density at radius 2 is 2.20 bits per heavy atom. The van der Waals surface area contributed by atoms with Gasteiger partial charge in [-0.1, -0.05) is 6.07 Å². The normalized spacial score (nSPS) is 9.93. The third-order valence-corrected chi connectivity index (χ3v) is 2.07. The number of benzene rings is 1. The second-order valence-corrected chi connectivity index (χ2v) is 2.99. The second kappa shape index (κ2) is 3.54. The monoisotopic (exact) mass is 202 g/mol. The van der Waals surface area contributed by atoms with Crippen molar-refractivity contribution in [2.24, 2.45) is 0 Å². The predicted molar refractivity (Wildman–Crippen MR) is 53.0 cm³/mol. The predicted octanol–water partition coefficient (Wildman–Crippen LogP) is 2.25. The maximum absolute atomic E-state index is 13.0. The van der Waals surface area contributed by atoms with Crippen LogP contribution in [0.4, 0.5) is 4.39 Å². The van der Waals surface area contributed by atoms with Gasteiger partial charge in [-0.15, -0.1) is 0 Å². The molecule has 0 aliphatic rings. The van der Waals surface area contributed by atoms with E-state index < -0.39 is 0 Å². The van der Waals surface area contributed by atoms with Gasteiger partial charge >= 0.3 is 0 Å². The number of pyridine rings is 1. The van der Waals surface area contributed by atoms with Crippen molar-refractivity contribution in [1.29, 1.82) is 5.26 Å². The number of nitriles is 1. The summed E-state index contributed by atoms with van der Waals surface area (Å²) in [5.41, 5.74) is 0.256. The molecule has 0 fully saturated rings. The molecule has 4 heteroatoms. The minimum Gasteiger partial charge on any atom is -0.481 e. The Bertz CT molecular complexity index is 560. The van der Waals surface area contributed by atoms with Gasteiger partial charge in [0.25, 0.3) is 0 Å². The lowest BCUT2D eigenvalue weighted by atomic mass is 10.1. The van der Waals surface area contributed by atoms with Gasteiger partial charge in [-0.2, -0.15) is 5.26 Å². The number of hydrogen-bond donors (Lipinski definition) is 0. The molecule has 1 heterocycles. The molecule has 0 spiro atoms. The summed E-state index contributed by atoms with van der Waals surface area (Å²) < 4.78 is 18.0. The average Bonchev–Trinajstić information content (AvgIpc) is 2.27. The van der Waals surface area contributed by atoms with E-state index in [4.69, 9.17) is 10.00 Å². The van der Waals surface area contributed by atoms with Crippen molar-refractivity contribution >= 4 is 10.8 Å². The van der Waals surface area contributed by atoms with E-state index in [0.29, 0.717) is 5.39 Å². The van der Waals surface area contributed by atoms with Gasteiger partial charge in [0.05, 0.1) is 7.11 Å². The van der Waals surface area contributed by atoms with Crippen LogP contribution in [-0.2, 0) is 0 Å². The quantitative estimate of drug-likeness (QED) is 0.712. The Morgan fingerprint density at radius 3 is 2.87 bits per heavy atom. The first-order valence-electron chi connectivity index (χ1n) is 4.29. The van der Waals surface area contributed by atoms with Crippen molar-refractivity contribution < 1.29 is 9.13 Å². The molecular weight excluding hydrogens is 195 g/mol. The molecule has 15 heavy (non-hydrogen) atoms. The van der Waals surface area contributed by atoms with E-state index in [1.807, 2.05) is 6.07 Å². The van der Waals surface area contributed by atoms with Gasteiger partial charge in [0, 0.05) is 5.39 Å². The van der Waals surface area contributed by atoms with E-state index in [9.17, 15) is 4.39 Å². The van der Waals surface area contributed by atoms with Gasteiger partial charge in [-0.3, -0.25) is 0 Å². The molecule has 1 aromatic carbocycles. The number of hydrogen-bond acceptors (Lipinski definition) is 3. The number of halogens is 1. The average molecular weight is 202 g/mol. The summed E-state index contributed by atoms with van der Waals surface area (Å²) in [7, 11) is 1.44. The number of nitrogens with zero attached hydrogens (tertiary/aromatic N) is 2. The smallest absolute Gasteiger partial charge is 0.222 e. The Labute approximate surface area is 85.7 Å². The van der Waals surface area contributed by atoms with Crippen molar-refractivity contribution in [3.8, 4) is 11.9 Å². The summed E-state index contributed by atoms with van der Waals surface area (Å²) in [6.07, 6.45) is 0. The topological polar surface area (TPSA) is 45.9 Å². The number of ether oxygens (including phenoxy) is 1. The Kier molecular flexibility index (Phi) is 2.22. The molecule has 0 unspecified atom stereocenters. The van der Waals surface area contributed by atoms with Crippen LogP contribution in [0.25, 0.3) is 10.8 Å². The highest BCUT2D eigenvalue weighted by Gasteiger charge is 2.06. The van der Waals surface area contributed by atoms with Gasteiger partial charge in [0.1, 0.15) is 17.6 Å². The molecule has 0 saturated heterocycles. The summed E-state index contributed by atoms with van der Waals surface area (Å²) in [6.45, 7) is 0. The fraction of sp³-hybridized carbons (Fsp3) is 0.0909. The Balaban J connectivity index is 2.82. The molecule has 0 N–H and O–H groups in total. The molecule has 1 aromatic heterocycles. The molecule has 0 aliphatic heterocycles. The standard InChI is InChI=1S/C11H7FN2O/c1-15-11-10-5-8(12)3-2-7(10)4-9(6-13)14-11/h2-5H,1H3. The molecular formula is C11H7FN2O. The van der Waals surface area contributed by atoms with E-state index in [2.05, 4.69) is 4.98 Å². The highest BCUT2D eigenvalue weighted by molar-refractivity contribution is 5.87. The fourth-order valence-electron chi connectivity index (χ4n) is 1.40. The second-order valence-electron chi connectivity index (χ2n) is 2.99. The zero-order valence-electron chi connectivity index (χ0n) is 7.99. The van der Waals surface area contributed by atoms with Crippen LogP contribution in [0.3, 0.4) is 0 Å².